The molecule has 0 aromatic heterocycles. The van der Waals surface area contributed by atoms with Crippen molar-refractivity contribution in [1.29, 1.82) is 0 Å². The Morgan fingerprint density at radius 3 is 2.57 bits per heavy atom. The smallest absolute Gasteiger partial charge is 0.120 e. The number of rotatable bonds is 11. The molecular formula is C19H33NO. The second-order valence-corrected chi connectivity index (χ2v) is 6.03. The van der Waals surface area contributed by atoms with Gasteiger partial charge in [0.15, 0.2) is 0 Å². The molecule has 2 heteroatoms. The van der Waals surface area contributed by atoms with Crippen molar-refractivity contribution in [3.8, 4) is 5.75 Å². The summed E-state index contributed by atoms with van der Waals surface area (Å²) in [5.74, 6) is 1.00. The Labute approximate surface area is 131 Å². The monoisotopic (exact) mass is 291 g/mol. The molecule has 0 saturated heterocycles. The van der Waals surface area contributed by atoms with E-state index in [1.54, 1.807) is 0 Å². The van der Waals surface area contributed by atoms with Crippen LogP contribution in [0.1, 0.15) is 77.8 Å². The van der Waals surface area contributed by atoms with Crippen LogP contribution in [0.5, 0.6) is 5.75 Å². The Hall–Kier alpha value is -1.02. The molecule has 2 unspecified atom stereocenters. The molecule has 0 aliphatic carbocycles. The summed E-state index contributed by atoms with van der Waals surface area (Å²) in [5.41, 5.74) is 1.30. The maximum absolute atomic E-state index is 6.06. The van der Waals surface area contributed by atoms with Crippen LogP contribution in [0.15, 0.2) is 24.3 Å². The molecule has 0 spiro atoms. The summed E-state index contributed by atoms with van der Waals surface area (Å²) in [7, 11) is 0. The number of hydrogen-bond acceptors (Lipinski definition) is 2. The molecule has 2 atom stereocenters. The maximum Gasteiger partial charge on any atom is 0.120 e. The highest BCUT2D eigenvalue weighted by Crippen LogP contribution is 2.21. The molecular weight excluding hydrogens is 258 g/mol. The largest absolute Gasteiger partial charge is 0.491 e. The van der Waals surface area contributed by atoms with Gasteiger partial charge >= 0.3 is 0 Å². The van der Waals surface area contributed by atoms with E-state index in [0.717, 1.165) is 25.1 Å². The number of ether oxygens (including phenoxy) is 1. The Morgan fingerprint density at radius 2 is 1.86 bits per heavy atom. The fourth-order valence-electron chi connectivity index (χ4n) is 2.49. The average molecular weight is 291 g/mol. The van der Waals surface area contributed by atoms with Crippen molar-refractivity contribution in [3.63, 3.8) is 0 Å². The molecule has 1 rings (SSSR count). The van der Waals surface area contributed by atoms with Crippen LogP contribution in [-0.2, 0) is 0 Å². The van der Waals surface area contributed by atoms with Crippen LogP contribution in [0.25, 0.3) is 0 Å². The molecule has 1 aromatic carbocycles. The van der Waals surface area contributed by atoms with Crippen molar-refractivity contribution in [3.05, 3.63) is 29.8 Å². The highest BCUT2D eigenvalue weighted by atomic mass is 16.5. The van der Waals surface area contributed by atoms with E-state index in [9.17, 15) is 0 Å². The molecule has 0 saturated carbocycles. The summed E-state index contributed by atoms with van der Waals surface area (Å²) in [6, 6.07) is 8.90. The van der Waals surface area contributed by atoms with Crippen LogP contribution >= 0.6 is 0 Å². The Bertz CT molecular complexity index is 378. The fraction of sp³-hybridized carbons (Fsp3) is 0.684. The van der Waals surface area contributed by atoms with E-state index < -0.39 is 0 Å². The highest BCUT2D eigenvalue weighted by molar-refractivity contribution is 5.30. The lowest BCUT2D eigenvalue weighted by atomic mass is 10.1. The van der Waals surface area contributed by atoms with Gasteiger partial charge in [-0.2, -0.15) is 0 Å². The minimum Gasteiger partial charge on any atom is -0.491 e. The summed E-state index contributed by atoms with van der Waals surface area (Å²) in [6.45, 7) is 9.89. The van der Waals surface area contributed by atoms with Crippen molar-refractivity contribution in [2.75, 3.05) is 6.54 Å². The number of nitrogens with one attached hydrogen (secondary N) is 1. The fourth-order valence-corrected chi connectivity index (χ4v) is 2.49. The molecule has 21 heavy (non-hydrogen) atoms. The Kier molecular flexibility index (Phi) is 9.16. The molecule has 120 valence electrons. The van der Waals surface area contributed by atoms with Gasteiger partial charge in [-0.15, -0.1) is 0 Å². The summed E-state index contributed by atoms with van der Waals surface area (Å²) < 4.78 is 6.06. The third-order valence-corrected chi connectivity index (χ3v) is 3.86. The number of benzene rings is 1. The van der Waals surface area contributed by atoms with Crippen molar-refractivity contribution >= 4 is 0 Å². The lowest BCUT2D eigenvalue weighted by Gasteiger charge is -2.18. The molecule has 1 aromatic rings. The molecule has 0 heterocycles. The van der Waals surface area contributed by atoms with Gasteiger partial charge in [-0.1, -0.05) is 45.2 Å². The van der Waals surface area contributed by atoms with E-state index >= 15 is 0 Å². The summed E-state index contributed by atoms with van der Waals surface area (Å²) in [5, 5.41) is 3.52. The topological polar surface area (TPSA) is 21.3 Å². The van der Waals surface area contributed by atoms with E-state index in [4.69, 9.17) is 4.74 Å². The van der Waals surface area contributed by atoms with Gasteiger partial charge in [0, 0.05) is 6.04 Å². The van der Waals surface area contributed by atoms with Gasteiger partial charge in [-0.05, 0) is 57.4 Å². The summed E-state index contributed by atoms with van der Waals surface area (Å²) in [4.78, 5) is 0. The third kappa shape index (κ3) is 7.52. The zero-order chi connectivity index (χ0) is 15.5. The van der Waals surface area contributed by atoms with Crippen molar-refractivity contribution in [2.45, 2.75) is 78.4 Å². The summed E-state index contributed by atoms with van der Waals surface area (Å²) >= 11 is 0. The first-order valence-corrected chi connectivity index (χ1v) is 8.67. The normalized spacial score (nSPS) is 13.9. The van der Waals surface area contributed by atoms with Crippen molar-refractivity contribution < 1.29 is 4.74 Å². The lowest BCUT2D eigenvalue weighted by molar-refractivity contribution is 0.206. The summed E-state index contributed by atoms with van der Waals surface area (Å²) in [6.07, 6.45) is 7.83. The molecule has 1 N–H and O–H groups in total. The first-order chi connectivity index (χ1) is 10.2. The van der Waals surface area contributed by atoms with Crippen LogP contribution in [0.3, 0.4) is 0 Å². The molecule has 0 amide bonds. The third-order valence-electron chi connectivity index (χ3n) is 3.86. The van der Waals surface area contributed by atoms with Crippen LogP contribution in [-0.4, -0.2) is 12.6 Å². The average Bonchev–Trinajstić information content (AvgIpc) is 2.49. The standard InChI is InChI=1S/C19H33NO/c1-5-7-8-9-11-16(3)21-19-13-10-12-18(15-19)17(4)20-14-6-2/h10,12-13,15-17,20H,5-9,11,14H2,1-4H3. The molecule has 0 aliphatic rings. The van der Waals surface area contributed by atoms with Gasteiger partial charge < -0.3 is 10.1 Å². The van der Waals surface area contributed by atoms with Gasteiger partial charge in [0.2, 0.25) is 0 Å². The maximum atomic E-state index is 6.06. The van der Waals surface area contributed by atoms with Gasteiger partial charge in [0.1, 0.15) is 5.75 Å². The Morgan fingerprint density at radius 1 is 1.05 bits per heavy atom. The molecule has 2 nitrogen and oxygen atoms in total. The van der Waals surface area contributed by atoms with Crippen LogP contribution in [0, 0.1) is 0 Å². The first-order valence-electron chi connectivity index (χ1n) is 8.67. The Balaban J connectivity index is 2.44. The van der Waals surface area contributed by atoms with Gasteiger partial charge in [0.05, 0.1) is 6.10 Å². The zero-order valence-corrected chi connectivity index (χ0v) is 14.3. The second kappa shape index (κ2) is 10.7. The van der Waals surface area contributed by atoms with E-state index in [0.29, 0.717) is 12.1 Å². The SMILES string of the molecule is CCCCCCC(C)Oc1cccc(C(C)NCCC)c1. The zero-order valence-electron chi connectivity index (χ0n) is 14.3. The van der Waals surface area contributed by atoms with Gasteiger partial charge in [-0.25, -0.2) is 0 Å². The van der Waals surface area contributed by atoms with Gasteiger partial charge in [0.25, 0.3) is 0 Å². The molecule has 0 aliphatic heterocycles. The quantitative estimate of drug-likeness (QED) is 0.545. The van der Waals surface area contributed by atoms with Crippen molar-refractivity contribution in [2.24, 2.45) is 0 Å². The van der Waals surface area contributed by atoms with Crippen LogP contribution in [0.2, 0.25) is 0 Å². The van der Waals surface area contributed by atoms with E-state index in [-0.39, 0.29) is 0 Å². The predicted molar refractivity (Wildman–Crippen MR) is 92.0 cm³/mol. The number of unbranched alkanes of at least 4 members (excludes halogenated alkanes) is 3. The lowest BCUT2D eigenvalue weighted by Crippen LogP contribution is -2.19. The first kappa shape index (κ1) is 18.0. The molecule has 0 radical (unpaired) electrons. The molecule has 0 bridgehead atoms. The second-order valence-electron chi connectivity index (χ2n) is 6.03. The van der Waals surface area contributed by atoms with Crippen molar-refractivity contribution in [1.82, 2.24) is 5.32 Å². The van der Waals surface area contributed by atoms with E-state index in [2.05, 4.69) is 57.3 Å². The van der Waals surface area contributed by atoms with E-state index in [1.165, 1.54) is 31.2 Å². The minimum atomic E-state index is 0.302. The minimum absolute atomic E-state index is 0.302. The van der Waals surface area contributed by atoms with E-state index in [1.807, 2.05) is 0 Å². The van der Waals surface area contributed by atoms with Gasteiger partial charge in [-0.3, -0.25) is 0 Å². The number of hydrogen-bond donors (Lipinski definition) is 1. The van der Waals surface area contributed by atoms with Crippen LogP contribution < -0.4 is 10.1 Å². The highest BCUT2D eigenvalue weighted by Gasteiger charge is 2.08. The predicted octanol–water partition coefficient (Wildman–Crippen LogP) is 5.48. The van der Waals surface area contributed by atoms with Crippen LogP contribution in [0.4, 0.5) is 0 Å². The molecule has 0 fully saturated rings.